The molecule has 0 aliphatic carbocycles. The molecule has 1 heterocycles. The normalized spacial score (nSPS) is 10.5. The lowest BCUT2D eigenvalue weighted by Gasteiger charge is -2.14. The molecule has 0 fully saturated rings. The number of rotatable bonds is 4. The Morgan fingerprint density at radius 1 is 0.960 bits per heavy atom. The number of carbonyl (C=O) groups is 1. The Morgan fingerprint density at radius 2 is 1.64 bits per heavy atom. The molecular formula is C22H21NO2. The van der Waals surface area contributed by atoms with E-state index in [-0.39, 0.29) is 5.97 Å². The minimum Gasteiger partial charge on any atom is -0.462 e. The van der Waals surface area contributed by atoms with Gasteiger partial charge in [-0.15, -0.1) is 0 Å². The quantitative estimate of drug-likeness (QED) is 0.616. The Labute approximate surface area is 148 Å². The number of esters is 1. The van der Waals surface area contributed by atoms with Crippen LogP contribution in [-0.4, -0.2) is 17.6 Å². The summed E-state index contributed by atoms with van der Waals surface area (Å²) in [6.45, 7) is 6.06. The van der Waals surface area contributed by atoms with Crippen molar-refractivity contribution in [1.29, 1.82) is 0 Å². The molecule has 1 aromatic heterocycles. The first kappa shape index (κ1) is 16.9. The van der Waals surface area contributed by atoms with Gasteiger partial charge >= 0.3 is 5.97 Å². The zero-order valence-electron chi connectivity index (χ0n) is 14.7. The summed E-state index contributed by atoms with van der Waals surface area (Å²) in [6, 6.07) is 20.1. The second-order valence-electron chi connectivity index (χ2n) is 5.97. The molecule has 0 atom stereocenters. The third-order valence-corrected chi connectivity index (χ3v) is 4.11. The van der Waals surface area contributed by atoms with Gasteiger partial charge in [0.05, 0.1) is 23.6 Å². The molecule has 3 nitrogen and oxygen atoms in total. The van der Waals surface area contributed by atoms with E-state index in [2.05, 4.69) is 36.2 Å². The van der Waals surface area contributed by atoms with Gasteiger partial charge in [0.1, 0.15) is 0 Å². The van der Waals surface area contributed by atoms with Gasteiger partial charge in [0, 0.05) is 11.1 Å². The van der Waals surface area contributed by atoms with E-state index < -0.39 is 0 Å². The highest BCUT2D eigenvalue weighted by molar-refractivity contribution is 5.99. The number of aryl methyl sites for hydroxylation is 2. The van der Waals surface area contributed by atoms with Gasteiger partial charge in [-0.3, -0.25) is 4.98 Å². The highest BCUT2D eigenvalue weighted by Crippen LogP contribution is 2.30. The lowest BCUT2D eigenvalue weighted by atomic mass is 9.96. The topological polar surface area (TPSA) is 39.2 Å². The van der Waals surface area contributed by atoms with E-state index in [0.29, 0.717) is 17.9 Å². The lowest BCUT2D eigenvalue weighted by molar-refractivity contribution is 0.0526. The molecule has 0 aliphatic rings. The smallest absolute Gasteiger partial charge is 0.340 e. The van der Waals surface area contributed by atoms with E-state index in [4.69, 9.17) is 4.74 Å². The van der Waals surface area contributed by atoms with Crippen LogP contribution in [0.15, 0.2) is 60.7 Å². The maximum absolute atomic E-state index is 12.5. The molecule has 2 aromatic carbocycles. The summed E-state index contributed by atoms with van der Waals surface area (Å²) < 4.78 is 5.25. The first-order chi connectivity index (χ1) is 12.1. The summed E-state index contributed by atoms with van der Waals surface area (Å²) in [5, 5.41) is 0. The summed E-state index contributed by atoms with van der Waals surface area (Å²) in [5.41, 5.74) is 6.11. The van der Waals surface area contributed by atoms with Crippen LogP contribution in [0, 0.1) is 13.8 Å². The Hall–Kier alpha value is -2.94. The second kappa shape index (κ2) is 7.31. The van der Waals surface area contributed by atoms with Gasteiger partial charge in [-0.25, -0.2) is 4.79 Å². The van der Waals surface area contributed by atoms with E-state index in [1.54, 1.807) is 0 Å². The van der Waals surface area contributed by atoms with Gasteiger partial charge in [0.25, 0.3) is 0 Å². The molecule has 126 valence electrons. The van der Waals surface area contributed by atoms with E-state index in [0.717, 1.165) is 22.4 Å². The molecule has 3 rings (SSSR count). The summed E-state index contributed by atoms with van der Waals surface area (Å²) in [6.07, 6.45) is 0. The van der Waals surface area contributed by atoms with Crippen LogP contribution < -0.4 is 0 Å². The van der Waals surface area contributed by atoms with Crippen molar-refractivity contribution in [1.82, 2.24) is 4.98 Å². The number of pyridine rings is 1. The Morgan fingerprint density at radius 3 is 2.28 bits per heavy atom. The molecule has 25 heavy (non-hydrogen) atoms. The number of benzene rings is 2. The van der Waals surface area contributed by atoms with Crippen molar-refractivity contribution < 1.29 is 9.53 Å². The highest BCUT2D eigenvalue weighted by atomic mass is 16.5. The minimum atomic E-state index is -0.332. The van der Waals surface area contributed by atoms with Crippen LogP contribution in [0.5, 0.6) is 0 Å². The number of hydrogen-bond donors (Lipinski definition) is 0. The molecule has 0 amide bonds. The summed E-state index contributed by atoms with van der Waals surface area (Å²) in [5.74, 6) is -0.332. The first-order valence-corrected chi connectivity index (χ1v) is 8.41. The summed E-state index contributed by atoms with van der Waals surface area (Å²) >= 11 is 0. The molecule has 0 radical (unpaired) electrons. The molecule has 0 unspecified atom stereocenters. The SMILES string of the molecule is CCOC(=O)c1c(-c2ccccc2)cc(-c2ccc(C)cc2)nc1C. The average molecular weight is 331 g/mol. The fourth-order valence-electron chi connectivity index (χ4n) is 2.85. The number of hydrogen-bond acceptors (Lipinski definition) is 3. The van der Waals surface area contributed by atoms with Crippen molar-refractivity contribution >= 4 is 5.97 Å². The van der Waals surface area contributed by atoms with Crippen LogP contribution in [0.1, 0.15) is 28.5 Å². The average Bonchev–Trinajstić information content (AvgIpc) is 2.62. The van der Waals surface area contributed by atoms with Crippen molar-refractivity contribution in [3.63, 3.8) is 0 Å². The second-order valence-corrected chi connectivity index (χ2v) is 5.97. The van der Waals surface area contributed by atoms with E-state index >= 15 is 0 Å². The van der Waals surface area contributed by atoms with Gasteiger partial charge < -0.3 is 4.74 Å². The van der Waals surface area contributed by atoms with Crippen LogP contribution in [0.25, 0.3) is 22.4 Å². The third-order valence-electron chi connectivity index (χ3n) is 4.11. The Balaban J connectivity index is 2.20. The van der Waals surface area contributed by atoms with Crippen LogP contribution in [0.4, 0.5) is 0 Å². The highest BCUT2D eigenvalue weighted by Gasteiger charge is 2.19. The molecule has 0 saturated heterocycles. The lowest BCUT2D eigenvalue weighted by Crippen LogP contribution is -2.10. The van der Waals surface area contributed by atoms with Gasteiger partial charge in [-0.2, -0.15) is 0 Å². The van der Waals surface area contributed by atoms with Gasteiger partial charge in [0.2, 0.25) is 0 Å². The fraction of sp³-hybridized carbons (Fsp3) is 0.182. The monoisotopic (exact) mass is 331 g/mol. The molecule has 0 saturated carbocycles. The zero-order chi connectivity index (χ0) is 17.8. The molecule has 3 heteroatoms. The molecule has 0 bridgehead atoms. The maximum atomic E-state index is 12.5. The van der Waals surface area contributed by atoms with Crippen LogP contribution in [-0.2, 0) is 4.74 Å². The first-order valence-electron chi connectivity index (χ1n) is 8.41. The molecule has 0 spiro atoms. The largest absolute Gasteiger partial charge is 0.462 e. The van der Waals surface area contributed by atoms with Gasteiger partial charge in [-0.1, -0.05) is 60.2 Å². The molecule has 3 aromatic rings. The molecular weight excluding hydrogens is 310 g/mol. The van der Waals surface area contributed by atoms with Gasteiger partial charge in [-0.05, 0) is 32.4 Å². The Kier molecular flexibility index (Phi) is 4.94. The van der Waals surface area contributed by atoms with E-state index in [1.165, 1.54) is 5.56 Å². The molecule has 0 N–H and O–H groups in total. The predicted molar refractivity (Wildman–Crippen MR) is 101 cm³/mol. The third kappa shape index (κ3) is 3.61. The summed E-state index contributed by atoms with van der Waals surface area (Å²) in [7, 11) is 0. The number of nitrogens with zero attached hydrogens (tertiary/aromatic N) is 1. The molecule has 0 aliphatic heterocycles. The fourth-order valence-corrected chi connectivity index (χ4v) is 2.85. The maximum Gasteiger partial charge on any atom is 0.340 e. The van der Waals surface area contributed by atoms with Crippen molar-refractivity contribution in [2.24, 2.45) is 0 Å². The summed E-state index contributed by atoms with van der Waals surface area (Å²) in [4.78, 5) is 17.2. The number of carbonyl (C=O) groups excluding carboxylic acids is 1. The Bertz CT molecular complexity index is 884. The number of ether oxygens (including phenoxy) is 1. The van der Waals surface area contributed by atoms with E-state index in [1.807, 2.05) is 50.2 Å². The van der Waals surface area contributed by atoms with Crippen molar-refractivity contribution in [3.8, 4) is 22.4 Å². The van der Waals surface area contributed by atoms with Crippen molar-refractivity contribution in [3.05, 3.63) is 77.5 Å². The number of aromatic nitrogens is 1. The van der Waals surface area contributed by atoms with E-state index in [9.17, 15) is 4.79 Å². The minimum absolute atomic E-state index is 0.332. The van der Waals surface area contributed by atoms with Crippen LogP contribution in [0.2, 0.25) is 0 Å². The van der Waals surface area contributed by atoms with Crippen LogP contribution >= 0.6 is 0 Å². The van der Waals surface area contributed by atoms with Crippen molar-refractivity contribution in [2.75, 3.05) is 6.61 Å². The van der Waals surface area contributed by atoms with Crippen LogP contribution in [0.3, 0.4) is 0 Å². The van der Waals surface area contributed by atoms with Gasteiger partial charge in [0.15, 0.2) is 0 Å². The van der Waals surface area contributed by atoms with Crippen molar-refractivity contribution in [2.45, 2.75) is 20.8 Å². The standard InChI is InChI=1S/C22H21NO2/c1-4-25-22(24)21-16(3)23-20(18-12-10-15(2)11-13-18)14-19(21)17-8-6-5-7-9-17/h5-14H,4H2,1-3H3. The predicted octanol–water partition coefficient (Wildman–Crippen LogP) is 5.21. The zero-order valence-corrected chi connectivity index (χ0v) is 14.7.